The van der Waals surface area contributed by atoms with Gasteiger partial charge in [0.2, 0.25) is 0 Å². The van der Waals surface area contributed by atoms with Gasteiger partial charge in [-0.1, -0.05) is 0 Å². The summed E-state index contributed by atoms with van der Waals surface area (Å²) in [5.74, 6) is -0.146. The molecule has 3 rings (SSSR count). The van der Waals surface area contributed by atoms with Gasteiger partial charge in [-0.3, -0.25) is 0 Å². The minimum atomic E-state index is -0.673. The van der Waals surface area contributed by atoms with Crippen molar-refractivity contribution in [1.82, 2.24) is 4.57 Å². The van der Waals surface area contributed by atoms with Crippen molar-refractivity contribution in [2.45, 2.75) is 6.42 Å². The smallest absolute Gasteiger partial charge is 0.416 e. The highest BCUT2D eigenvalue weighted by atomic mass is 32.2. The molecule has 1 aliphatic rings. The summed E-state index contributed by atoms with van der Waals surface area (Å²) >= 11 is 1.78. The van der Waals surface area contributed by atoms with Crippen LogP contribution in [0.1, 0.15) is 6.42 Å². The second kappa shape index (κ2) is 5.93. The van der Waals surface area contributed by atoms with Gasteiger partial charge in [-0.15, -0.1) is 0 Å². The third kappa shape index (κ3) is 2.83. The zero-order valence-electron chi connectivity index (χ0n) is 11.2. The van der Waals surface area contributed by atoms with Crippen molar-refractivity contribution in [3.63, 3.8) is 0 Å². The summed E-state index contributed by atoms with van der Waals surface area (Å²) in [5.41, 5.74) is 0.106. The lowest BCUT2D eigenvalue weighted by Crippen LogP contribution is -2.27. The molecule has 0 spiro atoms. The van der Waals surface area contributed by atoms with Crippen molar-refractivity contribution in [3.8, 4) is 5.69 Å². The zero-order chi connectivity index (χ0) is 14.8. The summed E-state index contributed by atoms with van der Waals surface area (Å²) in [6.07, 6.45) is 3.41. The van der Waals surface area contributed by atoms with Crippen LogP contribution in [0, 0.1) is 11.6 Å². The maximum atomic E-state index is 14.3. The molecule has 1 aliphatic heterocycles. The number of nitrogens with zero attached hydrogens (tertiary/aromatic N) is 2. The van der Waals surface area contributed by atoms with Gasteiger partial charge in [-0.05, 0) is 12.2 Å². The number of thioether (sulfide) groups is 1. The summed E-state index contributed by atoms with van der Waals surface area (Å²) in [6, 6.07) is 2.32. The van der Waals surface area contributed by atoms with Crippen molar-refractivity contribution < 1.29 is 13.2 Å². The highest BCUT2D eigenvalue weighted by Crippen LogP contribution is 2.28. The monoisotopic (exact) mass is 312 g/mol. The molecule has 0 unspecified atom stereocenters. The normalized spacial score (nSPS) is 16.0. The van der Waals surface area contributed by atoms with E-state index in [0.29, 0.717) is 13.1 Å². The van der Waals surface area contributed by atoms with Crippen molar-refractivity contribution in [2.24, 2.45) is 0 Å². The predicted octanol–water partition coefficient (Wildman–Crippen LogP) is 2.65. The molecule has 0 amide bonds. The quantitative estimate of drug-likeness (QED) is 0.854. The van der Waals surface area contributed by atoms with Gasteiger partial charge in [-0.25, -0.2) is 18.1 Å². The van der Waals surface area contributed by atoms with Crippen molar-refractivity contribution in [3.05, 3.63) is 46.8 Å². The van der Waals surface area contributed by atoms with Gasteiger partial charge in [0.25, 0.3) is 0 Å². The Kier molecular flexibility index (Phi) is 4.01. The SMILES string of the molecule is O=c1occn1-c1cc(F)c(N2CCCSCC2)c(F)c1. The van der Waals surface area contributed by atoms with E-state index < -0.39 is 17.4 Å². The molecule has 0 N–H and O–H groups in total. The van der Waals surface area contributed by atoms with Crippen molar-refractivity contribution in [1.29, 1.82) is 0 Å². The second-order valence-corrected chi connectivity index (χ2v) is 5.97. The maximum absolute atomic E-state index is 14.3. The topological polar surface area (TPSA) is 38.4 Å². The standard InChI is InChI=1S/C14H14F2N2O2S/c15-11-8-10(18-3-5-20-14(18)19)9-12(16)13(11)17-2-1-6-21-7-4-17/h3,5,8-9H,1-2,4,6-7H2. The number of anilines is 1. The molecule has 1 aromatic carbocycles. The first-order valence-electron chi connectivity index (χ1n) is 6.65. The fourth-order valence-corrected chi connectivity index (χ4v) is 3.31. The fourth-order valence-electron chi connectivity index (χ4n) is 2.42. The molecule has 2 aromatic rings. The molecule has 1 fully saturated rings. The van der Waals surface area contributed by atoms with E-state index in [1.165, 1.54) is 12.5 Å². The van der Waals surface area contributed by atoms with Crippen LogP contribution in [-0.2, 0) is 0 Å². The van der Waals surface area contributed by atoms with Crippen LogP contribution >= 0.6 is 11.8 Å². The number of hydrogen-bond donors (Lipinski definition) is 0. The second-order valence-electron chi connectivity index (χ2n) is 4.75. The number of oxazole rings is 1. The largest absolute Gasteiger partial charge is 0.423 e. The minimum Gasteiger partial charge on any atom is -0.416 e. The lowest BCUT2D eigenvalue weighted by molar-refractivity contribution is 0.503. The van der Waals surface area contributed by atoms with E-state index in [1.807, 2.05) is 0 Å². The first kappa shape index (κ1) is 14.2. The van der Waals surface area contributed by atoms with E-state index >= 15 is 0 Å². The van der Waals surface area contributed by atoms with Crippen LogP contribution in [-0.4, -0.2) is 29.2 Å². The number of aromatic nitrogens is 1. The summed E-state index contributed by atoms with van der Waals surface area (Å²) in [4.78, 5) is 13.1. The Morgan fingerprint density at radius 3 is 2.57 bits per heavy atom. The molecule has 0 saturated carbocycles. The number of rotatable bonds is 2. The highest BCUT2D eigenvalue weighted by Gasteiger charge is 2.20. The third-order valence-corrected chi connectivity index (χ3v) is 4.44. The van der Waals surface area contributed by atoms with Gasteiger partial charge in [0.1, 0.15) is 12.0 Å². The van der Waals surface area contributed by atoms with E-state index in [0.717, 1.165) is 34.6 Å². The first-order valence-corrected chi connectivity index (χ1v) is 7.80. The van der Waals surface area contributed by atoms with E-state index in [9.17, 15) is 13.6 Å². The molecule has 21 heavy (non-hydrogen) atoms. The average molecular weight is 312 g/mol. The van der Waals surface area contributed by atoms with E-state index in [-0.39, 0.29) is 11.4 Å². The van der Waals surface area contributed by atoms with E-state index in [1.54, 1.807) is 16.7 Å². The lowest BCUT2D eigenvalue weighted by atomic mass is 10.2. The third-order valence-electron chi connectivity index (χ3n) is 3.39. The molecule has 0 bridgehead atoms. The van der Waals surface area contributed by atoms with Crippen LogP contribution in [0.4, 0.5) is 14.5 Å². The van der Waals surface area contributed by atoms with Crippen LogP contribution < -0.4 is 10.7 Å². The predicted molar refractivity (Wildman–Crippen MR) is 78.4 cm³/mol. The molecular weight excluding hydrogens is 298 g/mol. The van der Waals surface area contributed by atoms with Gasteiger partial charge in [0.15, 0.2) is 11.6 Å². The summed E-state index contributed by atoms with van der Waals surface area (Å²) in [7, 11) is 0. The summed E-state index contributed by atoms with van der Waals surface area (Å²) in [5, 5.41) is 0. The maximum Gasteiger partial charge on any atom is 0.423 e. The van der Waals surface area contributed by atoms with Crippen molar-refractivity contribution in [2.75, 3.05) is 29.5 Å². The highest BCUT2D eigenvalue weighted by molar-refractivity contribution is 7.99. The number of benzene rings is 1. The Morgan fingerprint density at radius 1 is 1.14 bits per heavy atom. The Bertz CT molecular complexity index is 667. The Hall–Kier alpha value is -1.76. The molecule has 0 atom stereocenters. The molecule has 1 aromatic heterocycles. The molecule has 7 heteroatoms. The van der Waals surface area contributed by atoms with Crippen LogP contribution in [0.2, 0.25) is 0 Å². The van der Waals surface area contributed by atoms with E-state index in [4.69, 9.17) is 0 Å². The molecule has 0 radical (unpaired) electrons. The van der Waals surface area contributed by atoms with Crippen LogP contribution in [0.5, 0.6) is 0 Å². The average Bonchev–Trinajstić information content (AvgIpc) is 2.71. The Morgan fingerprint density at radius 2 is 1.90 bits per heavy atom. The van der Waals surface area contributed by atoms with E-state index in [2.05, 4.69) is 4.42 Å². The van der Waals surface area contributed by atoms with Crippen LogP contribution in [0.3, 0.4) is 0 Å². The Balaban J connectivity index is 2.00. The van der Waals surface area contributed by atoms with Gasteiger partial charge in [-0.2, -0.15) is 11.8 Å². The number of halogens is 2. The van der Waals surface area contributed by atoms with Gasteiger partial charge < -0.3 is 9.32 Å². The van der Waals surface area contributed by atoms with Gasteiger partial charge in [0, 0.05) is 31.0 Å². The first-order chi connectivity index (χ1) is 10.2. The van der Waals surface area contributed by atoms with Gasteiger partial charge >= 0.3 is 5.76 Å². The van der Waals surface area contributed by atoms with Crippen LogP contribution in [0.15, 0.2) is 33.8 Å². The molecule has 112 valence electrons. The lowest BCUT2D eigenvalue weighted by Gasteiger charge is -2.23. The molecular formula is C14H14F2N2O2S. The summed E-state index contributed by atoms with van der Waals surface area (Å²) < 4.78 is 34.3. The molecule has 2 heterocycles. The van der Waals surface area contributed by atoms with Crippen LogP contribution in [0.25, 0.3) is 5.69 Å². The zero-order valence-corrected chi connectivity index (χ0v) is 12.0. The summed E-state index contributed by atoms with van der Waals surface area (Å²) in [6.45, 7) is 1.25. The fraction of sp³-hybridized carbons (Fsp3) is 0.357. The molecule has 1 saturated heterocycles. The number of hydrogen-bond acceptors (Lipinski definition) is 4. The minimum absolute atomic E-state index is 0.0159. The molecule has 4 nitrogen and oxygen atoms in total. The van der Waals surface area contributed by atoms with Gasteiger partial charge in [0.05, 0.1) is 11.9 Å². The van der Waals surface area contributed by atoms with Crippen molar-refractivity contribution >= 4 is 17.4 Å². The molecule has 0 aliphatic carbocycles. The Labute approximate surface area is 124 Å².